The van der Waals surface area contributed by atoms with Gasteiger partial charge in [0.2, 0.25) is 0 Å². The van der Waals surface area contributed by atoms with Gasteiger partial charge in [0.25, 0.3) is 0 Å². The van der Waals surface area contributed by atoms with E-state index in [1.165, 1.54) is 11.3 Å². The third-order valence-corrected chi connectivity index (χ3v) is 4.05. The lowest BCUT2D eigenvalue weighted by Gasteiger charge is -2.01. The molecule has 0 amide bonds. The lowest BCUT2D eigenvalue weighted by Crippen LogP contribution is -1.99. The summed E-state index contributed by atoms with van der Waals surface area (Å²) < 4.78 is 5.57. The second-order valence-corrected chi connectivity index (χ2v) is 5.26. The van der Waals surface area contributed by atoms with E-state index in [2.05, 4.69) is 23.0 Å². The summed E-state index contributed by atoms with van der Waals surface area (Å²) >= 11 is 1.36. The van der Waals surface area contributed by atoms with Gasteiger partial charge < -0.3 is 4.42 Å². The highest BCUT2D eigenvalue weighted by atomic mass is 32.1. The Labute approximate surface area is 107 Å². The number of nitrogens with zero attached hydrogens (tertiary/aromatic N) is 2. The molecule has 0 fully saturated rings. The van der Waals surface area contributed by atoms with E-state index in [9.17, 15) is 4.79 Å². The molecule has 0 N–H and O–H groups in total. The Balaban J connectivity index is 2.52. The number of fused-ring (bicyclic) bond motifs is 3. The van der Waals surface area contributed by atoms with Crippen molar-refractivity contribution >= 4 is 31.8 Å². The molecule has 0 saturated heterocycles. The van der Waals surface area contributed by atoms with Gasteiger partial charge in [-0.05, 0) is 25.0 Å². The topological polar surface area (TPSA) is 56.0 Å². The van der Waals surface area contributed by atoms with Crippen molar-refractivity contribution in [3.63, 3.8) is 0 Å². The summed E-state index contributed by atoms with van der Waals surface area (Å²) in [7, 11) is 0. The van der Waals surface area contributed by atoms with E-state index in [0.29, 0.717) is 16.1 Å². The van der Waals surface area contributed by atoms with E-state index in [1.807, 2.05) is 6.92 Å². The van der Waals surface area contributed by atoms with E-state index in [1.54, 1.807) is 6.92 Å². The minimum atomic E-state index is -0.323. The molecule has 0 radical (unpaired) electrons. The standard InChI is InChI=1S/C13H12N2O2S/c1-4-9-6(2)5-8-10-11(18-12(8)15-9)13(16)17-7(3)14-10/h5H,4H2,1-3H3. The molecule has 0 aliphatic rings. The van der Waals surface area contributed by atoms with Crippen LogP contribution < -0.4 is 5.63 Å². The molecular weight excluding hydrogens is 248 g/mol. The number of aromatic nitrogens is 2. The molecule has 0 unspecified atom stereocenters. The average molecular weight is 260 g/mol. The Hall–Kier alpha value is -1.75. The Morgan fingerprint density at radius 3 is 2.83 bits per heavy atom. The zero-order valence-electron chi connectivity index (χ0n) is 10.4. The first-order valence-corrected chi connectivity index (χ1v) is 6.62. The van der Waals surface area contributed by atoms with Gasteiger partial charge in [-0.15, -0.1) is 11.3 Å². The molecule has 18 heavy (non-hydrogen) atoms. The first-order valence-electron chi connectivity index (χ1n) is 5.80. The van der Waals surface area contributed by atoms with Crippen molar-refractivity contribution in [1.82, 2.24) is 9.97 Å². The molecule has 3 aromatic rings. The number of hydrogen-bond donors (Lipinski definition) is 0. The molecule has 0 bridgehead atoms. The molecule has 3 heterocycles. The Kier molecular flexibility index (Phi) is 2.45. The van der Waals surface area contributed by atoms with Crippen molar-refractivity contribution in [2.45, 2.75) is 27.2 Å². The minimum absolute atomic E-state index is 0.323. The predicted octanol–water partition coefficient (Wildman–Crippen LogP) is 2.98. The van der Waals surface area contributed by atoms with Crippen LogP contribution >= 0.6 is 11.3 Å². The molecular formula is C13H12N2O2S. The van der Waals surface area contributed by atoms with Crippen molar-refractivity contribution in [1.29, 1.82) is 0 Å². The van der Waals surface area contributed by atoms with Crippen LogP contribution in [0.3, 0.4) is 0 Å². The molecule has 5 heteroatoms. The average Bonchev–Trinajstić information content (AvgIpc) is 2.66. The molecule has 0 saturated carbocycles. The highest BCUT2D eigenvalue weighted by molar-refractivity contribution is 7.25. The molecule has 3 aromatic heterocycles. The van der Waals surface area contributed by atoms with Crippen LogP contribution in [0.5, 0.6) is 0 Å². The van der Waals surface area contributed by atoms with E-state index in [0.717, 1.165) is 27.9 Å². The SMILES string of the molecule is CCc1nc2sc3c(=O)oc(C)nc3c2cc1C. The van der Waals surface area contributed by atoms with Crippen molar-refractivity contribution in [2.24, 2.45) is 0 Å². The van der Waals surface area contributed by atoms with Gasteiger partial charge in [-0.3, -0.25) is 0 Å². The fourth-order valence-corrected chi connectivity index (χ4v) is 3.11. The second kappa shape index (κ2) is 3.88. The smallest absolute Gasteiger partial charge is 0.357 e. The Morgan fingerprint density at radius 1 is 1.33 bits per heavy atom. The van der Waals surface area contributed by atoms with Crippen LogP contribution in [0.1, 0.15) is 24.1 Å². The Morgan fingerprint density at radius 2 is 2.11 bits per heavy atom. The van der Waals surface area contributed by atoms with Gasteiger partial charge in [0.1, 0.15) is 15.0 Å². The molecule has 0 spiro atoms. The number of rotatable bonds is 1. The van der Waals surface area contributed by atoms with Gasteiger partial charge >= 0.3 is 5.63 Å². The summed E-state index contributed by atoms with van der Waals surface area (Å²) in [6, 6.07) is 2.06. The quantitative estimate of drug-likeness (QED) is 0.675. The third kappa shape index (κ3) is 1.54. The number of pyridine rings is 1. The van der Waals surface area contributed by atoms with Gasteiger partial charge in [0.15, 0.2) is 5.89 Å². The van der Waals surface area contributed by atoms with Gasteiger partial charge in [-0.25, -0.2) is 14.8 Å². The number of hydrogen-bond acceptors (Lipinski definition) is 5. The lowest BCUT2D eigenvalue weighted by molar-refractivity contribution is 0.468. The molecule has 0 atom stereocenters. The highest BCUT2D eigenvalue weighted by Gasteiger charge is 2.14. The maximum atomic E-state index is 11.8. The summed E-state index contributed by atoms with van der Waals surface area (Å²) in [5, 5.41) is 0.945. The fraction of sp³-hybridized carbons (Fsp3) is 0.308. The number of thiophene rings is 1. The first-order chi connectivity index (χ1) is 8.60. The zero-order chi connectivity index (χ0) is 12.9. The van der Waals surface area contributed by atoms with E-state index < -0.39 is 0 Å². The zero-order valence-corrected chi connectivity index (χ0v) is 11.2. The summed E-state index contributed by atoms with van der Waals surface area (Å²) in [6.07, 6.45) is 0.886. The number of aryl methyl sites for hydroxylation is 3. The van der Waals surface area contributed by atoms with Gasteiger partial charge in [-0.1, -0.05) is 6.92 Å². The maximum Gasteiger partial charge on any atom is 0.357 e. The monoisotopic (exact) mass is 260 g/mol. The molecule has 92 valence electrons. The van der Waals surface area contributed by atoms with Crippen molar-refractivity contribution in [3.05, 3.63) is 33.6 Å². The summed E-state index contributed by atoms with van der Waals surface area (Å²) in [6.45, 7) is 5.79. The molecule has 3 rings (SSSR count). The van der Waals surface area contributed by atoms with Crippen LogP contribution in [0, 0.1) is 13.8 Å². The summed E-state index contributed by atoms with van der Waals surface area (Å²) in [5.41, 5.74) is 2.59. The first kappa shape index (κ1) is 11.3. The van der Waals surface area contributed by atoms with E-state index >= 15 is 0 Å². The second-order valence-electron chi connectivity index (χ2n) is 4.26. The van der Waals surface area contributed by atoms with Crippen LogP contribution in [0.25, 0.3) is 20.4 Å². The fourth-order valence-electron chi connectivity index (χ4n) is 2.12. The van der Waals surface area contributed by atoms with Crippen LogP contribution in [0.2, 0.25) is 0 Å². The minimum Gasteiger partial charge on any atom is -0.408 e. The van der Waals surface area contributed by atoms with Crippen LogP contribution in [-0.4, -0.2) is 9.97 Å². The van der Waals surface area contributed by atoms with Crippen molar-refractivity contribution in [3.8, 4) is 0 Å². The summed E-state index contributed by atoms with van der Waals surface area (Å²) in [4.78, 5) is 21.6. The largest absolute Gasteiger partial charge is 0.408 e. The van der Waals surface area contributed by atoms with Gasteiger partial charge in [0.05, 0.1) is 0 Å². The van der Waals surface area contributed by atoms with Crippen molar-refractivity contribution < 1.29 is 4.42 Å². The van der Waals surface area contributed by atoms with Crippen LogP contribution in [0.4, 0.5) is 0 Å². The molecule has 0 aliphatic carbocycles. The van der Waals surface area contributed by atoms with E-state index in [-0.39, 0.29) is 5.63 Å². The van der Waals surface area contributed by atoms with Gasteiger partial charge in [-0.2, -0.15) is 0 Å². The van der Waals surface area contributed by atoms with Crippen molar-refractivity contribution in [2.75, 3.05) is 0 Å². The van der Waals surface area contributed by atoms with Gasteiger partial charge in [0, 0.05) is 18.0 Å². The summed E-state index contributed by atoms with van der Waals surface area (Å²) in [5.74, 6) is 0.393. The predicted molar refractivity (Wildman–Crippen MR) is 72.3 cm³/mol. The molecule has 4 nitrogen and oxygen atoms in total. The molecule has 0 aliphatic heterocycles. The maximum absolute atomic E-state index is 11.8. The van der Waals surface area contributed by atoms with Crippen LogP contribution in [0.15, 0.2) is 15.3 Å². The van der Waals surface area contributed by atoms with E-state index in [4.69, 9.17) is 4.42 Å². The Bertz CT molecular complexity index is 817. The lowest BCUT2D eigenvalue weighted by atomic mass is 10.1. The highest BCUT2D eigenvalue weighted by Crippen LogP contribution is 2.30. The normalized spacial score (nSPS) is 11.5. The third-order valence-electron chi connectivity index (χ3n) is 2.98. The molecule has 0 aromatic carbocycles. The van der Waals surface area contributed by atoms with Crippen LogP contribution in [-0.2, 0) is 6.42 Å².